The quantitative estimate of drug-likeness (QED) is 0.798. The largest absolute Gasteiger partial charge is 0.311 e. The minimum absolute atomic E-state index is 0.802. The van der Waals surface area contributed by atoms with Gasteiger partial charge in [0.05, 0.1) is 0 Å². The molecule has 3 heteroatoms. The van der Waals surface area contributed by atoms with Crippen LogP contribution in [-0.4, -0.2) is 36.1 Å². The Bertz CT molecular complexity index is 344. The van der Waals surface area contributed by atoms with Gasteiger partial charge in [-0.3, -0.25) is 4.98 Å². The molecule has 2 rings (SSSR count). The van der Waals surface area contributed by atoms with Crippen molar-refractivity contribution in [2.75, 3.05) is 20.1 Å². The zero-order chi connectivity index (χ0) is 13.5. The number of likely N-dealkylation sites (N-methyl/N-ethyl adjacent to an activating group) is 1. The van der Waals surface area contributed by atoms with E-state index >= 15 is 0 Å². The Morgan fingerprint density at radius 1 is 1.32 bits per heavy atom. The summed E-state index contributed by atoms with van der Waals surface area (Å²) < 4.78 is 0. The van der Waals surface area contributed by atoms with Crippen molar-refractivity contribution in [3.05, 3.63) is 30.1 Å². The second kappa shape index (κ2) is 7.61. The maximum atomic E-state index is 4.13. The van der Waals surface area contributed by atoms with Gasteiger partial charge in [-0.1, -0.05) is 13.0 Å². The standard InChI is InChI=1S/C16H27N3/c1-14-5-7-16(8-6-14)19(2)11-10-18-13-15-4-3-9-17-12-15/h3-4,9,12,14,16,18H,5-8,10-11,13H2,1-2H3. The van der Waals surface area contributed by atoms with E-state index in [1.165, 1.54) is 31.2 Å². The zero-order valence-electron chi connectivity index (χ0n) is 12.3. The molecule has 1 N–H and O–H groups in total. The van der Waals surface area contributed by atoms with Crippen molar-refractivity contribution in [3.8, 4) is 0 Å². The summed E-state index contributed by atoms with van der Waals surface area (Å²) in [5.74, 6) is 0.938. The van der Waals surface area contributed by atoms with E-state index in [4.69, 9.17) is 0 Å². The Morgan fingerprint density at radius 3 is 2.79 bits per heavy atom. The normalized spacial score (nSPS) is 23.7. The van der Waals surface area contributed by atoms with Crippen molar-refractivity contribution in [2.45, 2.75) is 45.2 Å². The average molecular weight is 261 g/mol. The second-order valence-electron chi connectivity index (χ2n) is 5.93. The van der Waals surface area contributed by atoms with Gasteiger partial charge < -0.3 is 10.2 Å². The minimum Gasteiger partial charge on any atom is -0.311 e. The number of aromatic nitrogens is 1. The van der Waals surface area contributed by atoms with Gasteiger partial charge in [0, 0.05) is 38.1 Å². The Kier molecular flexibility index (Phi) is 5.80. The summed E-state index contributed by atoms with van der Waals surface area (Å²) in [5.41, 5.74) is 1.26. The first kappa shape index (κ1) is 14.5. The Hall–Kier alpha value is -0.930. The van der Waals surface area contributed by atoms with Gasteiger partial charge in [0.1, 0.15) is 0 Å². The fourth-order valence-electron chi connectivity index (χ4n) is 2.86. The molecule has 1 aliphatic carbocycles. The third kappa shape index (κ3) is 4.92. The van der Waals surface area contributed by atoms with E-state index in [1.54, 1.807) is 0 Å². The molecule has 1 aromatic heterocycles. The van der Waals surface area contributed by atoms with Crippen molar-refractivity contribution < 1.29 is 0 Å². The molecule has 3 nitrogen and oxygen atoms in total. The highest BCUT2D eigenvalue weighted by Crippen LogP contribution is 2.26. The second-order valence-corrected chi connectivity index (χ2v) is 5.93. The third-order valence-electron chi connectivity index (χ3n) is 4.30. The predicted octanol–water partition coefficient (Wildman–Crippen LogP) is 2.68. The van der Waals surface area contributed by atoms with Gasteiger partial charge in [-0.05, 0) is 50.3 Å². The fraction of sp³-hybridized carbons (Fsp3) is 0.688. The number of nitrogens with zero attached hydrogens (tertiary/aromatic N) is 2. The van der Waals surface area contributed by atoms with Crippen molar-refractivity contribution in [1.82, 2.24) is 15.2 Å². The lowest BCUT2D eigenvalue weighted by Crippen LogP contribution is -2.38. The van der Waals surface area contributed by atoms with E-state index in [2.05, 4.69) is 35.2 Å². The fourth-order valence-corrected chi connectivity index (χ4v) is 2.86. The van der Waals surface area contributed by atoms with Gasteiger partial charge in [-0.2, -0.15) is 0 Å². The summed E-state index contributed by atoms with van der Waals surface area (Å²) >= 11 is 0. The molecule has 1 saturated carbocycles. The van der Waals surface area contributed by atoms with Crippen LogP contribution < -0.4 is 5.32 Å². The van der Waals surface area contributed by atoms with Crippen LogP contribution in [0.1, 0.15) is 38.2 Å². The molecule has 1 heterocycles. The van der Waals surface area contributed by atoms with Gasteiger partial charge in [0.15, 0.2) is 0 Å². The highest BCUT2D eigenvalue weighted by molar-refractivity contribution is 5.07. The highest BCUT2D eigenvalue weighted by atomic mass is 15.1. The van der Waals surface area contributed by atoms with Crippen LogP contribution in [0.15, 0.2) is 24.5 Å². The average Bonchev–Trinajstić information content (AvgIpc) is 2.45. The third-order valence-corrected chi connectivity index (χ3v) is 4.30. The summed E-state index contributed by atoms with van der Waals surface area (Å²) in [6, 6.07) is 4.91. The molecule has 0 aromatic carbocycles. The van der Waals surface area contributed by atoms with Crippen LogP contribution >= 0.6 is 0 Å². The van der Waals surface area contributed by atoms with Gasteiger partial charge in [0.25, 0.3) is 0 Å². The molecule has 0 amide bonds. The van der Waals surface area contributed by atoms with Crippen molar-refractivity contribution in [1.29, 1.82) is 0 Å². The van der Waals surface area contributed by atoms with Crippen LogP contribution in [0, 0.1) is 5.92 Å². The van der Waals surface area contributed by atoms with Crippen molar-refractivity contribution in [3.63, 3.8) is 0 Å². The molecule has 0 saturated heterocycles. The Morgan fingerprint density at radius 2 is 2.11 bits per heavy atom. The maximum absolute atomic E-state index is 4.13. The molecule has 0 atom stereocenters. The number of rotatable bonds is 6. The SMILES string of the molecule is CC1CCC(N(C)CCNCc2cccnc2)CC1. The summed E-state index contributed by atoms with van der Waals surface area (Å²) in [7, 11) is 2.27. The molecular formula is C16H27N3. The van der Waals surface area contributed by atoms with Crippen molar-refractivity contribution in [2.24, 2.45) is 5.92 Å². The minimum atomic E-state index is 0.802. The van der Waals surface area contributed by atoms with Gasteiger partial charge in [-0.25, -0.2) is 0 Å². The Labute approximate surface area is 117 Å². The van der Waals surface area contributed by atoms with Gasteiger partial charge in [0.2, 0.25) is 0 Å². The number of nitrogens with one attached hydrogen (secondary N) is 1. The number of hydrogen-bond donors (Lipinski definition) is 1. The molecule has 0 bridgehead atoms. The molecule has 19 heavy (non-hydrogen) atoms. The van der Waals surface area contributed by atoms with Gasteiger partial charge in [-0.15, -0.1) is 0 Å². The first-order valence-electron chi connectivity index (χ1n) is 7.55. The van der Waals surface area contributed by atoms with E-state index in [1.807, 2.05) is 18.5 Å². The zero-order valence-corrected chi connectivity index (χ0v) is 12.3. The monoisotopic (exact) mass is 261 g/mol. The summed E-state index contributed by atoms with van der Waals surface area (Å²) in [6.45, 7) is 5.49. The number of hydrogen-bond acceptors (Lipinski definition) is 3. The number of pyridine rings is 1. The topological polar surface area (TPSA) is 28.2 Å². The van der Waals surface area contributed by atoms with Crippen LogP contribution in [0.5, 0.6) is 0 Å². The predicted molar refractivity (Wildman–Crippen MR) is 80.0 cm³/mol. The summed E-state index contributed by atoms with van der Waals surface area (Å²) in [6.07, 6.45) is 9.30. The lowest BCUT2D eigenvalue weighted by atomic mass is 9.87. The molecule has 1 aliphatic rings. The molecule has 0 spiro atoms. The van der Waals surface area contributed by atoms with Crippen LogP contribution in [0.2, 0.25) is 0 Å². The lowest BCUT2D eigenvalue weighted by Gasteiger charge is -2.33. The molecule has 1 fully saturated rings. The summed E-state index contributed by atoms with van der Waals surface area (Å²) in [5, 5.41) is 3.50. The van der Waals surface area contributed by atoms with Crippen LogP contribution in [0.4, 0.5) is 0 Å². The Balaban J connectivity index is 1.60. The molecular weight excluding hydrogens is 234 g/mol. The van der Waals surface area contributed by atoms with E-state index in [0.717, 1.165) is 31.6 Å². The van der Waals surface area contributed by atoms with Crippen molar-refractivity contribution >= 4 is 0 Å². The van der Waals surface area contributed by atoms with E-state index in [9.17, 15) is 0 Å². The molecule has 0 radical (unpaired) electrons. The maximum Gasteiger partial charge on any atom is 0.0312 e. The molecule has 106 valence electrons. The van der Waals surface area contributed by atoms with E-state index in [-0.39, 0.29) is 0 Å². The van der Waals surface area contributed by atoms with Crippen LogP contribution in [0.25, 0.3) is 0 Å². The highest BCUT2D eigenvalue weighted by Gasteiger charge is 2.20. The van der Waals surface area contributed by atoms with Gasteiger partial charge >= 0.3 is 0 Å². The van der Waals surface area contributed by atoms with E-state index < -0.39 is 0 Å². The molecule has 1 aromatic rings. The van der Waals surface area contributed by atoms with Crippen LogP contribution in [-0.2, 0) is 6.54 Å². The molecule has 0 unspecified atom stereocenters. The first-order chi connectivity index (χ1) is 9.25. The summed E-state index contributed by atoms with van der Waals surface area (Å²) in [4.78, 5) is 6.66. The van der Waals surface area contributed by atoms with E-state index in [0.29, 0.717) is 0 Å². The molecule has 0 aliphatic heterocycles. The lowest BCUT2D eigenvalue weighted by molar-refractivity contribution is 0.171. The van der Waals surface area contributed by atoms with Crippen LogP contribution in [0.3, 0.4) is 0 Å². The smallest absolute Gasteiger partial charge is 0.0312 e. The first-order valence-corrected chi connectivity index (χ1v) is 7.55.